The average molecular weight is 642 g/mol. The van der Waals surface area contributed by atoms with Gasteiger partial charge >= 0.3 is 11.9 Å². The van der Waals surface area contributed by atoms with Crippen molar-refractivity contribution in [1.29, 1.82) is 0 Å². The highest BCUT2D eigenvalue weighted by Crippen LogP contribution is 2.13. The Kier molecular flexibility index (Phi) is 33.3. The summed E-state index contributed by atoms with van der Waals surface area (Å²) in [4.78, 5) is 24.6. The first-order valence-corrected chi connectivity index (χ1v) is 17.1. The summed E-state index contributed by atoms with van der Waals surface area (Å²) in [6.45, 7) is 7.46. The lowest BCUT2D eigenvalue weighted by Crippen LogP contribution is -3.00. The molecule has 0 heterocycles. The van der Waals surface area contributed by atoms with E-state index >= 15 is 0 Å². The minimum absolute atomic E-state index is 0. The van der Waals surface area contributed by atoms with Gasteiger partial charge < -0.3 is 43.3 Å². The monoisotopic (exact) mass is 640 g/mol. The molecule has 6 nitrogen and oxygen atoms in total. The summed E-state index contributed by atoms with van der Waals surface area (Å²) in [6.07, 6.45) is 26.4. The second-order valence-electron chi connectivity index (χ2n) is 13.4. The lowest BCUT2D eigenvalue weighted by Gasteiger charge is -2.29. The first-order valence-electron chi connectivity index (χ1n) is 17.1. The highest BCUT2D eigenvalue weighted by molar-refractivity contribution is 5.71. The van der Waals surface area contributed by atoms with Gasteiger partial charge in [0.1, 0.15) is 13.2 Å². The zero-order valence-electron chi connectivity index (χ0n) is 28.7. The third kappa shape index (κ3) is 32.4. The summed E-state index contributed by atoms with van der Waals surface area (Å²) in [7, 11) is 8.35. The van der Waals surface area contributed by atoms with Crippen molar-refractivity contribution >= 4 is 11.9 Å². The van der Waals surface area contributed by atoms with Crippen LogP contribution in [0.4, 0.5) is 0 Å². The van der Waals surface area contributed by atoms with Gasteiger partial charge in [-0.05, 0) is 25.7 Å². The van der Waals surface area contributed by atoms with Crippen LogP contribution in [-0.2, 0) is 19.1 Å². The van der Waals surface area contributed by atoms with Gasteiger partial charge in [-0.3, -0.25) is 0 Å². The number of halogens is 2. The lowest BCUT2D eigenvalue weighted by molar-refractivity contribution is -0.883. The van der Waals surface area contributed by atoms with E-state index in [9.17, 15) is 9.59 Å². The number of likely N-dealkylation sites (N-methyl/N-ethyl adjacent to an activating group) is 2. The molecule has 0 aliphatic heterocycles. The van der Waals surface area contributed by atoms with E-state index in [1.807, 2.05) is 0 Å². The second kappa shape index (κ2) is 30.5. The van der Waals surface area contributed by atoms with E-state index < -0.39 is 0 Å². The highest BCUT2D eigenvalue weighted by atomic mass is 35.5. The molecule has 0 bridgehead atoms. The molecule has 0 aromatic heterocycles. The van der Waals surface area contributed by atoms with E-state index in [-0.39, 0.29) is 50.0 Å². The minimum atomic E-state index is -0.217. The molecule has 0 spiro atoms. The third-order valence-corrected chi connectivity index (χ3v) is 7.96. The zero-order chi connectivity index (χ0) is 30.0. The number of quaternary nitrogens is 2. The van der Waals surface area contributed by atoms with Crippen LogP contribution in [-0.4, -0.2) is 88.5 Å². The van der Waals surface area contributed by atoms with E-state index in [1.54, 1.807) is 0 Å². The molecule has 0 rings (SSSR count). The summed E-state index contributed by atoms with van der Waals surface area (Å²) in [6, 6.07) is 0. The molecule has 42 heavy (non-hydrogen) atoms. The molecular weight excluding hydrogens is 571 g/mol. The van der Waals surface area contributed by atoms with E-state index in [1.165, 1.54) is 116 Å². The quantitative estimate of drug-likeness (QED) is 0.0714. The predicted octanol–water partition coefficient (Wildman–Crippen LogP) is 2.08. The van der Waals surface area contributed by atoms with E-state index in [4.69, 9.17) is 9.47 Å². The molecule has 8 heteroatoms. The number of carbonyl (C=O) groups excluding carboxylic acids is 2. The van der Waals surface area contributed by atoms with Crippen molar-refractivity contribution in [3.63, 3.8) is 0 Å². The van der Waals surface area contributed by atoms with Gasteiger partial charge in [-0.15, -0.1) is 0 Å². The van der Waals surface area contributed by atoms with Gasteiger partial charge in [0, 0.05) is 0 Å². The Morgan fingerprint density at radius 3 is 0.929 bits per heavy atom. The van der Waals surface area contributed by atoms with Crippen LogP contribution in [0.3, 0.4) is 0 Å². The first kappa shape index (κ1) is 45.9. The number of hydrogen-bond donors (Lipinski definition) is 0. The number of nitrogens with zero attached hydrogens (tertiary/aromatic N) is 2. The SMILES string of the molecule is CCCCCCCCCCCC[N+](C)(C)CC(=O)OCCOC(=O)C[N+](C)(C)CCCCCCCCCCCC.[Cl-].[Cl-]. The third-order valence-electron chi connectivity index (χ3n) is 7.96. The van der Waals surface area contributed by atoms with Crippen molar-refractivity contribution in [2.45, 2.75) is 142 Å². The maximum atomic E-state index is 12.3. The van der Waals surface area contributed by atoms with E-state index in [0.717, 1.165) is 25.9 Å². The Hall–Kier alpha value is -0.560. The molecule has 0 aliphatic rings. The molecule has 0 aromatic rings. The van der Waals surface area contributed by atoms with Crippen LogP contribution < -0.4 is 24.8 Å². The molecule has 254 valence electrons. The van der Waals surface area contributed by atoms with Gasteiger partial charge in [-0.1, -0.05) is 117 Å². The van der Waals surface area contributed by atoms with Crippen LogP contribution in [0.15, 0.2) is 0 Å². The van der Waals surface area contributed by atoms with Crippen LogP contribution in [0.5, 0.6) is 0 Å². The van der Waals surface area contributed by atoms with Crippen molar-refractivity contribution in [1.82, 2.24) is 0 Å². The molecule has 0 atom stereocenters. The summed E-state index contributed by atoms with van der Waals surface area (Å²) < 4.78 is 12.0. The van der Waals surface area contributed by atoms with Gasteiger partial charge in [-0.2, -0.15) is 0 Å². The maximum absolute atomic E-state index is 12.3. The fourth-order valence-corrected chi connectivity index (χ4v) is 5.31. The standard InChI is InChI=1S/C34H70N2O4.2ClH/c1-7-9-11-13-15-17-19-21-23-25-27-35(3,4)31-33(37)39-29-30-40-34(38)32-36(5,6)28-26-24-22-20-18-16-14-12-10-8-2;;/h7-32H2,1-6H3;2*1H/q+2;;/p-2. The molecule has 0 saturated carbocycles. The topological polar surface area (TPSA) is 52.6 Å². The van der Waals surface area contributed by atoms with Gasteiger partial charge in [0.05, 0.1) is 41.3 Å². The Bertz CT molecular complexity index is 566. The van der Waals surface area contributed by atoms with Crippen LogP contribution in [0.1, 0.15) is 142 Å². The van der Waals surface area contributed by atoms with Crippen LogP contribution in [0, 0.1) is 0 Å². The summed E-state index contributed by atoms with van der Waals surface area (Å²) >= 11 is 0. The molecule has 0 amide bonds. The zero-order valence-corrected chi connectivity index (χ0v) is 30.2. The van der Waals surface area contributed by atoms with Crippen molar-refractivity contribution in [2.24, 2.45) is 0 Å². The van der Waals surface area contributed by atoms with Crippen molar-refractivity contribution in [3.8, 4) is 0 Å². The highest BCUT2D eigenvalue weighted by Gasteiger charge is 2.22. The molecule has 0 aromatic carbocycles. The van der Waals surface area contributed by atoms with E-state index in [2.05, 4.69) is 42.0 Å². The Balaban J connectivity index is -0.00000760. The number of ether oxygens (including phenoxy) is 2. The number of carbonyl (C=O) groups is 2. The molecule has 0 saturated heterocycles. The largest absolute Gasteiger partial charge is 1.00 e. The predicted molar refractivity (Wildman–Crippen MR) is 169 cm³/mol. The fourth-order valence-electron chi connectivity index (χ4n) is 5.31. The smallest absolute Gasteiger partial charge is 0.361 e. The Labute approximate surface area is 274 Å². The summed E-state index contributed by atoms with van der Waals surface area (Å²) in [5.41, 5.74) is 0. The first-order chi connectivity index (χ1) is 19.1. The van der Waals surface area contributed by atoms with Gasteiger partial charge in [-0.25, -0.2) is 9.59 Å². The van der Waals surface area contributed by atoms with Gasteiger partial charge in [0.15, 0.2) is 13.1 Å². The minimum Gasteiger partial charge on any atom is -1.00 e. The van der Waals surface area contributed by atoms with Crippen molar-refractivity contribution in [3.05, 3.63) is 0 Å². The average Bonchev–Trinajstić information content (AvgIpc) is 2.88. The fraction of sp³-hybridized carbons (Fsp3) is 0.941. The number of unbranched alkanes of at least 4 members (excludes halogenated alkanes) is 18. The molecular formula is C34H70Cl2N2O4. The number of rotatable bonds is 29. The maximum Gasteiger partial charge on any atom is 0.361 e. The molecule has 0 N–H and O–H groups in total. The van der Waals surface area contributed by atoms with Gasteiger partial charge in [0.2, 0.25) is 0 Å². The van der Waals surface area contributed by atoms with Crippen LogP contribution in [0.25, 0.3) is 0 Å². The van der Waals surface area contributed by atoms with Crippen LogP contribution in [0.2, 0.25) is 0 Å². The van der Waals surface area contributed by atoms with Gasteiger partial charge in [0.25, 0.3) is 0 Å². The Morgan fingerprint density at radius 2 is 0.667 bits per heavy atom. The lowest BCUT2D eigenvalue weighted by atomic mass is 10.1. The second-order valence-corrected chi connectivity index (χ2v) is 13.4. The summed E-state index contributed by atoms with van der Waals surface area (Å²) in [5.74, 6) is -0.435. The van der Waals surface area contributed by atoms with E-state index in [0.29, 0.717) is 22.1 Å². The Morgan fingerprint density at radius 1 is 0.429 bits per heavy atom. The van der Waals surface area contributed by atoms with Crippen LogP contribution >= 0.6 is 0 Å². The molecule has 0 aliphatic carbocycles. The summed E-state index contributed by atoms with van der Waals surface area (Å²) in [5, 5.41) is 0. The normalized spacial score (nSPS) is 11.5. The molecule has 0 radical (unpaired) electrons. The molecule has 0 fully saturated rings. The molecule has 0 unspecified atom stereocenters. The number of hydrogen-bond acceptors (Lipinski definition) is 4. The number of esters is 2. The van der Waals surface area contributed by atoms with Crippen molar-refractivity contribution < 1.29 is 52.8 Å². The van der Waals surface area contributed by atoms with Crippen molar-refractivity contribution in [2.75, 3.05) is 67.6 Å².